The first-order valence-corrected chi connectivity index (χ1v) is 10.9. The monoisotopic (exact) mass is 388 g/mol. The lowest BCUT2D eigenvalue weighted by atomic mass is 10.2. The number of aliphatic imine (C=N–C) groups is 1. The standard InChI is InChI=1S/C22H40N6/c1-18(2)28(19(3)4)15-12-24-22(23-5)26-17-20-10-11-21(25-16-20)27-13-8-6-7-9-14-27/h10-11,16,18-19H,6-9,12-15,17H2,1-5H3,(H2,23,24,26). The van der Waals surface area contributed by atoms with Crippen molar-refractivity contribution in [1.82, 2.24) is 20.5 Å². The summed E-state index contributed by atoms with van der Waals surface area (Å²) in [5, 5.41) is 6.81. The summed E-state index contributed by atoms with van der Waals surface area (Å²) >= 11 is 0. The van der Waals surface area contributed by atoms with Gasteiger partial charge in [-0.2, -0.15) is 0 Å². The van der Waals surface area contributed by atoms with E-state index in [0.29, 0.717) is 12.1 Å². The molecular formula is C22H40N6. The maximum absolute atomic E-state index is 4.69. The zero-order chi connectivity index (χ0) is 20.4. The molecule has 0 aliphatic carbocycles. The first kappa shape index (κ1) is 22.5. The van der Waals surface area contributed by atoms with Gasteiger partial charge in [-0.3, -0.25) is 9.89 Å². The average Bonchev–Trinajstić information content (AvgIpc) is 2.97. The van der Waals surface area contributed by atoms with Crippen molar-refractivity contribution in [3.8, 4) is 0 Å². The molecule has 0 saturated carbocycles. The van der Waals surface area contributed by atoms with E-state index in [0.717, 1.165) is 44.5 Å². The summed E-state index contributed by atoms with van der Waals surface area (Å²) in [6.07, 6.45) is 7.23. The molecule has 0 unspecified atom stereocenters. The molecule has 0 spiro atoms. The van der Waals surface area contributed by atoms with Crippen LogP contribution in [0.1, 0.15) is 58.9 Å². The Morgan fingerprint density at radius 2 is 1.75 bits per heavy atom. The second kappa shape index (κ2) is 11.9. The smallest absolute Gasteiger partial charge is 0.191 e. The van der Waals surface area contributed by atoms with Crippen molar-refractivity contribution in [3.05, 3.63) is 23.9 Å². The molecule has 0 aromatic carbocycles. The van der Waals surface area contributed by atoms with Crippen LogP contribution in [-0.4, -0.2) is 61.2 Å². The summed E-state index contributed by atoms with van der Waals surface area (Å²) in [4.78, 5) is 13.9. The third-order valence-corrected chi connectivity index (χ3v) is 5.41. The highest BCUT2D eigenvalue weighted by molar-refractivity contribution is 5.79. The zero-order valence-corrected chi connectivity index (χ0v) is 18.5. The van der Waals surface area contributed by atoms with E-state index in [4.69, 9.17) is 4.98 Å². The van der Waals surface area contributed by atoms with Gasteiger partial charge in [0.25, 0.3) is 0 Å². The quantitative estimate of drug-likeness (QED) is 0.529. The van der Waals surface area contributed by atoms with Gasteiger partial charge in [0, 0.05) is 58.1 Å². The van der Waals surface area contributed by atoms with Crippen LogP contribution in [-0.2, 0) is 6.54 Å². The molecule has 6 nitrogen and oxygen atoms in total. The van der Waals surface area contributed by atoms with Crippen molar-refractivity contribution in [2.45, 2.75) is 72.0 Å². The molecular weight excluding hydrogens is 348 g/mol. The van der Waals surface area contributed by atoms with Gasteiger partial charge < -0.3 is 15.5 Å². The SMILES string of the molecule is CN=C(NCCN(C(C)C)C(C)C)NCc1ccc(N2CCCCCC2)nc1. The van der Waals surface area contributed by atoms with Crippen LogP contribution >= 0.6 is 0 Å². The van der Waals surface area contributed by atoms with Crippen molar-refractivity contribution in [3.63, 3.8) is 0 Å². The molecule has 0 bridgehead atoms. The number of pyridine rings is 1. The second-order valence-corrected chi connectivity index (χ2v) is 8.20. The Hall–Kier alpha value is -1.82. The number of hydrogen-bond acceptors (Lipinski definition) is 4. The number of nitrogens with one attached hydrogen (secondary N) is 2. The van der Waals surface area contributed by atoms with E-state index in [9.17, 15) is 0 Å². The molecule has 158 valence electrons. The second-order valence-electron chi connectivity index (χ2n) is 8.20. The molecule has 1 aliphatic rings. The van der Waals surface area contributed by atoms with Gasteiger partial charge in [0.05, 0.1) is 0 Å². The highest BCUT2D eigenvalue weighted by atomic mass is 15.2. The third-order valence-electron chi connectivity index (χ3n) is 5.41. The van der Waals surface area contributed by atoms with E-state index in [2.05, 4.69) is 65.3 Å². The Balaban J connectivity index is 1.78. The number of aromatic nitrogens is 1. The summed E-state index contributed by atoms with van der Waals surface area (Å²) < 4.78 is 0. The van der Waals surface area contributed by atoms with E-state index in [1.165, 1.54) is 31.2 Å². The van der Waals surface area contributed by atoms with Crippen molar-refractivity contribution in [2.75, 3.05) is 38.1 Å². The Kier molecular flexibility index (Phi) is 9.55. The molecule has 0 amide bonds. The topological polar surface area (TPSA) is 55.8 Å². The fourth-order valence-electron chi connectivity index (χ4n) is 3.83. The first-order chi connectivity index (χ1) is 13.5. The minimum absolute atomic E-state index is 0.547. The lowest BCUT2D eigenvalue weighted by molar-refractivity contribution is 0.178. The predicted octanol–water partition coefficient (Wildman–Crippen LogP) is 3.25. The molecule has 28 heavy (non-hydrogen) atoms. The summed E-state index contributed by atoms with van der Waals surface area (Å²) in [5.41, 5.74) is 1.17. The van der Waals surface area contributed by atoms with Gasteiger partial charge in [0.1, 0.15) is 5.82 Å². The van der Waals surface area contributed by atoms with Crippen LogP contribution in [0, 0.1) is 0 Å². The normalized spacial score (nSPS) is 16.0. The van der Waals surface area contributed by atoms with Gasteiger partial charge in [0.15, 0.2) is 5.96 Å². The van der Waals surface area contributed by atoms with Crippen molar-refractivity contribution in [1.29, 1.82) is 0 Å². The molecule has 1 aromatic heterocycles. The highest BCUT2D eigenvalue weighted by Crippen LogP contribution is 2.17. The van der Waals surface area contributed by atoms with Crippen LogP contribution < -0.4 is 15.5 Å². The molecule has 1 fully saturated rings. The molecule has 2 heterocycles. The van der Waals surface area contributed by atoms with Crippen molar-refractivity contribution < 1.29 is 0 Å². The molecule has 2 rings (SSSR count). The Labute approximate surface area is 171 Å². The van der Waals surface area contributed by atoms with Crippen LogP contribution in [0.4, 0.5) is 5.82 Å². The fraction of sp³-hybridized carbons (Fsp3) is 0.727. The zero-order valence-electron chi connectivity index (χ0n) is 18.5. The van der Waals surface area contributed by atoms with Crippen LogP contribution in [0.25, 0.3) is 0 Å². The summed E-state index contributed by atoms with van der Waals surface area (Å²) in [5.74, 6) is 1.94. The number of hydrogen-bond donors (Lipinski definition) is 2. The van der Waals surface area contributed by atoms with Gasteiger partial charge in [-0.25, -0.2) is 4.98 Å². The van der Waals surface area contributed by atoms with Gasteiger partial charge in [-0.1, -0.05) is 18.9 Å². The van der Waals surface area contributed by atoms with Gasteiger partial charge in [-0.15, -0.1) is 0 Å². The van der Waals surface area contributed by atoms with Crippen molar-refractivity contribution in [2.24, 2.45) is 4.99 Å². The number of guanidine groups is 1. The summed E-state index contributed by atoms with van der Waals surface area (Å²) in [7, 11) is 1.82. The van der Waals surface area contributed by atoms with Gasteiger partial charge >= 0.3 is 0 Å². The Bertz CT molecular complexity index is 565. The van der Waals surface area contributed by atoms with Crippen LogP contribution in [0.2, 0.25) is 0 Å². The van der Waals surface area contributed by atoms with Gasteiger partial charge in [0.2, 0.25) is 0 Å². The third kappa shape index (κ3) is 7.30. The van der Waals surface area contributed by atoms with E-state index in [-0.39, 0.29) is 0 Å². The molecule has 1 saturated heterocycles. The lowest BCUT2D eigenvalue weighted by Gasteiger charge is -2.30. The largest absolute Gasteiger partial charge is 0.357 e. The lowest BCUT2D eigenvalue weighted by Crippen LogP contribution is -2.45. The fourth-order valence-corrected chi connectivity index (χ4v) is 3.83. The van der Waals surface area contributed by atoms with Crippen LogP contribution in [0.5, 0.6) is 0 Å². The van der Waals surface area contributed by atoms with Crippen LogP contribution in [0.3, 0.4) is 0 Å². The molecule has 0 atom stereocenters. The highest BCUT2D eigenvalue weighted by Gasteiger charge is 2.13. The summed E-state index contributed by atoms with van der Waals surface area (Å²) in [6.45, 7) is 13.8. The van der Waals surface area contributed by atoms with Crippen LogP contribution in [0.15, 0.2) is 23.3 Å². The predicted molar refractivity (Wildman–Crippen MR) is 120 cm³/mol. The Morgan fingerprint density at radius 3 is 2.29 bits per heavy atom. The molecule has 6 heteroatoms. The van der Waals surface area contributed by atoms with E-state index >= 15 is 0 Å². The maximum Gasteiger partial charge on any atom is 0.191 e. The van der Waals surface area contributed by atoms with E-state index in [1.54, 1.807) is 0 Å². The first-order valence-electron chi connectivity index (χ1n) is 10.9. The Morgan fingerprint density at radius 1 is 1.07 bits per heavy atom. The average molecular weight is 389 g/mol. The minimum Gasteiger partial charge on any atom is -0.357 e. The van der Waals surface area contributed by atoms with Gasteiger partial charge in [-0.05, 0) is 52.2 Å². The number of rotatable bonds is 8. The number of nitrogens with zero attached hydrogens (tertiary/aromatic N) is 4. The summed E-state index contributed by atoms with van der Waals surface area (Å²) in [6, 6.07) is 5.42. The molecule has 1 aliphatic heterocycles. The van der Waals surface area contributed by atoms with Crippen molar-refractivity contribution >= 4 is 11.8 Å². The minimum atomic E-state index is 0.547. The molecule has 0 radical (unpaired) electrons. The number of anilines is 1. The maximum atomic E-state index is 4.69. The molecule has 2 N–H and O–H groups in total. The van der Waals surface area contributed by atoms with E-state index in [1.807, 2.05) is 13.2 Å². The van der Waals surface area contributed by atoms with E-state index < -0.39 is 0 Å². The molecule has 1 aromatic rings.